The van der Waals surface area contributed by atoms with Crippen molar-refractivity contribution in [3.05, 3.63) is 0 Å². The van der Waals surface area contributed by atoms with Crippen molar-refractivity contribution in [3.63, 3.8) is 0 Å². The Bertz CT molecular complexity index is 96.7. The molecule has 54 valence electrons. The molecule has 0 aromatic rings. The highest BCUT2D eigenvalue weighted by molar-refractivity contribution is 14.1. The predicted molar refractivity (Wildman–Crippen MR) is 50.0 cm³/mol. The first-order chi connectivity index (χ1) is 4.17. The molecule has 0 aliphatic heterocycles. The van der Waals surface area contributed by atoms with Crippen LogP contribution in [0.4, 0.5) is 0 Å². The maximum absolute atomic E-state index is 2.51. The normalized spacial score (nSPS) is 33.0. The van der Waals surface area contributed by atoms with E-state index < -0.39 is 0 Å². The lowest BCUT2D eigenvalue weighted by Crippen LogP contribution is -2.17. The molecule has 0 N–H and O–H groups in total. The summed E-state index contributed by atoms with van der Waals surface area (Å²) >= 11 is 2.51. The van der Waals surface area contributed by atoms with Crippen molar-refractivity contribution in [2.45, 2.75) is 33.1 Å². The molecule has 0 nitrogen and oxygen atoms in total. The summed E-state index contributed by atoms with van der Waals surface area (Å²) in [5.74, 6) is 0.998. The third-order valence-corrected chi connectivity index (χ3v) is 3.73. The van der Waals surface area contributed by atoms with E-state index in [-0.39, 0.29) is 0 Å². The standard InChI is InChI=1S/C8H15I/c1-8(2)5-3-4-7(8)6-9/h7H,3-6H2,1-2H3. The van der Waals surface area contributed by atoms with Gasteiger partial charge < -0.3 is 0 Å². The molecule has 0 heterocycles. The molecule has 1 saturated carbocycles. The summed E-state index contributed by atoms with van der Waals surface area (Å²) in [6.45, 7) is 4.81. The molecule has 9 heavy (non-hydrogen) atoms. The number of rotatable bonds is 1. The highest BCUT2D eigenvalue weighted by Crippen LogP contribution is 2.43. The summed E-state index contributed by atoms with van der Waals surface area (Å²) in [5, 5.41) is 0. The van der Waals surface area contributed by atoms with Crippen molar-refractivity contribution in [2.75, 3.05) is 4.43 Å². The lowest BCUT2D eigenvalue weighted by Gasteiger charge is -2.24. The Morgan fingerprint density at radius 1 is 1.56 bits per heavy atom. The highest BCUT2D eigenvalue weighted by atomic mass is 127. The Labute approximate surface area is 71.5 Å². The molecule has 1 heteroatoms. The highest BCUT2D eigenvalue weighted by Gasteiger charge is 2.32. The molecule has 0 aromatic carbocycles. The van der Waals surface area contributed by atoms with Crippen LogP contribution in [0.3, 0.4) is 0 Å². The number of hydrogen-bond donors (Lipinski definition) is 0. The van der Waals surface area contributed by atoms with Gasteiger partial charge in [-0.05, 0) is 24.2 Å². The van der Waals surface area contributed by atoms with Crippen LogP contribution in [0.5, 0.6) is 0 Å². The van der Waals surface area contributed by atoms with Gasteiger partial charge in [0.05, 0.1) is 0 Å². The number of hydrogen-bond acceptors (Lipinski definition) is 0. The Hall–Kier alpha value is 0.730. The van der Waals surface area contributed by atoms with Crippen LogP contribution in [0.1, 0.15) is 33.1 Å². The Morgan fingerprint density at radius 2 is 2.22 bits per heavy atom. The molecule has 1 aliphatic rings. The van der Waals surface area contributed by atoms with E-state index >= 15 is 0 Å². The third kappa shape index (κ3) is 1.60. The molecular formula is C8H15I. The van der Waals surface area contributed by atoms with E-state index in [4.69, 9.17) is 0 Å². The van der Waals surface area contributed by atoms with Gasteiger partial charge in [-0.2, -0.15) is 0 Å². The van der Waals surface area contributed by atoms with Crippen molar-refractivity contribution in [2.24, 2.45) is 11.3 Å². The van der Waals surface area contributed by atoms with Gasteiger partial charge in [-0.3, -0.25) is 0 Å². The van der Waals surface area contributed by atoms with Crippen LogP contribution in [0, 0.1) is 11.3 Å². The lowest BCUT2D eigenvalue weighted by atomic mass is 9.83. The van der Waals surface area contributed by atoms with E-state index in [1.54, 1.807) is 0 Å². The topological polar surface area (TPSA) is 0 Å². The maximum Gasteiger partial charge on any atom is 0.00287 e. The maximum atomic E-state index is 2.51. The molecule has 0 spiro atoms. The largest absolute Gasteiger partial charge is 0.0861 e. The van der Waals surface area contributed by atoms with Crippen LogP contribution < -0.4 is 0 Å². The van der Waals surface area contributed by atoms with Crippen LogP contribution in [0.15, 0.2) is 0 Å². The Morgan fingerprint density at radius 3 is 2.44 bits per heavy atom. The van der Waals surface area contributed by atoms with Gasteiger partial charge >= 0.3 is 0 Å². The second kappa shape index (κ2) is 2.77. The second-order valence-corrected chi connectivity index (χ2v) is 4.61. The fourth-order valence-corrected chi connectivity index (χ4v) is 3.32. The van der Waals surface area contributed by atoms with E-state index in [1.165, 1.54) is 23.7 Å². The quantitative estimate of drug-likeness (QED) is 0.486. The molecule has 1 unspecified atom stereocenters. The molecular weight excluding hydrogens is 223 g/mol. The molecule has 0 bridgehead atoms. The molecule has 0 aromatic heterocycles. The predicted octanol–water partition coefficient (Wildman–Crippen LogP) is 3.25. The fourth-order valence-electron chi connectivity index (χ4n) is 1.68. The van der Waals surface area contributed by atoms with Gasteiger partial charge in [0.15, 0.2) is 0 Å². The van der Waals surface area contributed by atoms with Gasteiger partial charge in [-0.25, -0.2) is 0 Å². The van der Waals surface area contributed by atoms with Gasteiger partial charge in [0.25, 0.3) is 0 Å². The summed E-state index contributed by atoms with van der Waals surface area (Å²) < 4.78 is 1.35. The smallest absolute Gasteiger partial charge is 0.00287 e. The first-order valence-electron chi connectivity index (χ1n) is 3.73. The summed E-state index contributed by atoms with van der Waals surface area (Å²) in [7, 11) is 0. The summed E-state index contributed by atoms with van der Waals surface area (Å²) in [4.78, 5) is 0. The second-order valence-electron chi connectivity index (χ2n) is 3.73. The average molecular weight is 238 g/mol. The Kier molecular flexibility index (Phi) is 2.41. The van der Waals surface area contributed by atoms with E-state index in [2.05, 4.69) is 36.4 Å². The van der Waals surface area contributed by atoms with Crippen LogP contribution >= 0.6 is 22.6 Å². The zero-order valence-corrected chi connectivity index (χ0v) is 8.44. The van der Waals surface area contributed by atoms with Crippen molar-refractivity contribution in [1.82, 2.24) is 0 Å². The van der Waals surface area contributed by atoms with Crippen LogP contribution in [0.25, 0.3) is 0 Å². The molecule has 1 aliphatic carbocycles. The molecule has 0 radical (unpaired) electrons. The minimum Gasteiger partial charge on any atom is -0.0861 e. The van der Waals surface area contributed by atoms with Crippen molar-refractivity contribution < 1.29 is 0 Å². The first-order valence-corrected chi connectivity index (χ1v) is 5.25. The van der Waals surface area contributed by atoms with Crippen LogP contribution in [-0.4, -0.2) is 4.43 Å². The van der Waals surface area contributed by atoms with Crippen LogP contribution in [0.2, 0.25) is 0 Å². The summed E-state index contributed by atoms with van der Waals surface area (Å²) in [5.41, 5.74) is 0.654. The van der Waals surface area contributed by atoms with Gasteiger partial charge in [0.1, 0.15) is 0 Å². The Balaban J connectivity index is 2.52. The van der Waals surface area contributed by atoms with E-state index in [0.29, 0.717) is 5.41 Å². The minimum absolute atomic E-state index is 0.654. The van der Waals surface area contributed by atoms with Gasteiger partial charge in [-0.1, -0.05) is 42.9 Å². The van der Waals surface area contributed by atoms with Gasteiger partial charge in [0.2, 0.25) is 0 Å². The van der Waals surface area contributed by atoms with Crippen molar-refractivity contribution in [3.8, 4) is 0 Å². The monoisotopic (exact) mass is 238 g/mol. The molecule has 0 amide bonds. The number of halogens is 1. The van der Waals surface area contributed by atoms with E-state index in [1.807, 2.05) is 0 Å². The molecule has 1 atom stereocenters. The molecule has 1 rings (SSSR count). The fraction of sp³-hybridized carbons (Fsp3) is 1.00. The zero-order chi connectivity index (χ0) is 6.91. The van der Waals surface area contributed by atoms with E-state index in [0.717, 1.165) is 5.92 Å². The van der Waals surface area contributed by atoms with E-state index in [9.17, 15) is 0 Å². The van der Waals surface area contributed by atoms with Crippen molar-refractivity contribution >= 4 is 22.6 Å². The minimum atomic E-state index is 0.654. The molecule has 1 fully saturated rings. The SMILES string of the molecule is CC1(C)CCCC1CI. The first kappa shape index (κ1) is 7.83. The third-order valence-electron chi connectivity index (χ3n) is 2.67. The lowest BCUT2D eigenvalue weighted by molar-refractivity contribution is 0.289. The van der Waals surface area contributed by atoms with Gasteiger partial charge in [0, 0.05) is 4.43 Å². The average Bonchev–Trinajstić information content (AvgIpc) is 2.08. The summed E-state index contributed by atoms with van der Waals surface area (Å²) in [6.07, 6.45) is 4.37. The summed E-state index contributed by atoms with van der Waals surface area (Å²) in [6, 6.07) is 0. The van der Waals surface area contributed by atoms with Crippen LogP contribution in [-0.2, 0) is 0 Å². The van der Waals surface area contributed by atoms with Gasteiger partial charge in [-0.15, -0.1) is 0 Å². The molecule has 0 saturated heterocycles. The zero-order valence-electron chi connectivity index (χ0n) is 6.28. The van der Waals surface area contributed by atoms with Crippen molar-refractivity contribution in [1.29, 1.82) is 0 Å². The number of alkyl halides is 1.